The Kier molecular flexibility index (Phi) is 9.59. The van der Waals surface area contributed by atoms with Gasteiger partial charge in [0, 0.05) is 65.9 Å². The molecule has 0 saturated heterocycles. The van der Waals surface area contributed by atoms with E-state index in [1.54, 1.807) is 0 Å². The Bertz CT molecular complexity index is 2830. The molecule has 2 aromatic heterocycles. The summed E-state index contributed by atoms with van der Waals surface area (Å²) in [4.78, 5) is 31.3. The summed E-state index contributed by atoms with van der Waals surface area (Å²) in [6.45, 7) is 16.6. The molecule has 6 heteroatoms. The van der Waals surface area contributed by atoms with Crippen molar-refractivity contribution >= 4 is 33.3 Å². The molecule has 0 fully saturated rings. The lowest BCUT2D eigenvalue weighted by Gasteiger charge is -2.23. The largest absolute Gasteiger partial charge is 0.422 e. The summed E-state index contributed by atoms with van der Waals surface area (Å²) in [5.74, 6) is 0. The fraction of sp³-hybridized carbons (Fsp3) is 0.208. The number of benzene rings is 6. The van der Waals surface area contributed by atoms with Crippen molar-refractivity contribution < 1.29 is 8.83 Å². The van der Waals surface area contributed by atoms with E-state index in [2.05, 4.69) is 124 Å². The minimum absolute atomic E-state index is 0.265. The number of hydrogen-bond donors (Lipinski definition) is 0. The Morgan fingerprint density at radius 1 is 0.424 bits per heavy atom. The summed E-state index contributed by atoms with van der Waals surface area (Å²) in [7, 11) is 0. The minimum Gasteiger partial charge on any atom is -0.422 e. The average Bonchev–Trinajstić information content (AvgIpc) is 3.48. The lowest BCUT2D eigenvalue weighted by atomic mass is 9.80. The zero-order chi connectivity index (χ0) is 41.0. The molecule has 1 aliphatic carbocycles. The Balaban J connectivity index is 1.01. The SMILES string of the molecule is CCN(CC)c1ccc2cc(-c3cccc(-c4ccc5c(c4)C(C)(C)c4cc(-c6cccc(-c7cc8ccc(N(CC)CC)cc8oc7=O)c6)ccc4-5)c3)c(=O)oc2c1. The van der Waals surface area contributed by atoms with Gasteiger partial charge in [-0.05, 0) is 144 Å². The maximum atomic E-state index is 13.4. The molecule has 0 aliphatic heterocycles. The maximum absolute atomic E-state index is 13.4. The van der Waals surface area contributed by atoms with E-state index in [1.807, 2.05) is 60.7 Å². The first-order valence-electron chi connectivity index (χ1n) is 20.8. The first kappa shape index (κ1) is 37.9. The van der Waals surface area contributed by atoms with Crippen molar-refractivity contribution in [1.29, 1.82) is 0 Å². The Labute approximate surface area is 345 Å². The second-order valence-corrected chi connectivity index (χ2v) is 16.0. The first-order valence-corrected chi connectivity index (χ1v) is 20.8. The Morgan fingerprint density at radius 3 is 1.22 bits per heavy atom. The van der Waals surface area contributed by atoms with Crippen LogP contribution < -0.4 is 21.1 Å². The molecular formula is C53H48N2O4. The number of fused-ring (bicyclic) bond motifs is 5. The Morgan fingerprint density at radius 2 is 0.814 bits per heavy atom. The highest BCUT2D eigenvalue weighted by molar-refractivity contribution is 5.89. The highest BCUT2D eigenvalue weighted by Gasteiger charge is 2.36. The van der Waals surface area contributed by atoms with Gasteiger partial charge in [-0.15, -0.1) is 0 Å². The van der Waals surface area contributed by atoms with Crippen LogP contribution in [0, 0.1) is 0 Å². The smallest absolute Gasteiger partial charge is 0.344 e. The van der Waals surface area contributed by atoms with Crippen LogP contribution in [0.5, 0.6) is 0 Å². The van der Waals surface area contributed by atoms with E-state index < -0.39 is 0 Å². The first-order chi connectivity index (χ1) is 28.6. The highest BCUT2D eigenvalue weighted by Crippen LogP contribution is 2.51. The third kappa shape index (κ3) is 6.63. The van der Waals surface area contributed by atoms with Crippen molar-refractivity contribution in [3.05, 3.63) is 165 Å². The third-order valence-electron chi connectivity index (χ3n) is 12.4. The topological polar surface area (TPSA) is 66.9 Å². The summed E-state index contributed by atoms with van der Waals surface area (Å²) >= 11 is 0. The van der Waals surface area contributed by atoms with E-state index in [1.165, 1.54) is 22.3 Å². The van der Waals surface area contributed by atoms with Crippen LogP contribution in [0.25, 0.3) is 77.6 Å². The second-order valence-electron chi connectivity index (χ2n) is 16.0. The molecule has 6 aromatic carbocycles. The molecule has 0 unspecified atom stereocenters. The van der Waals surface area contributed by atoms with E-state index in [0.29, 0.717) is 22.3 Å². The van der Waals surface area contributed by atoms with E-state index in [-0.39, 0.29) is 16.7 Å². The van der Waals surface area contributed by atoms with Crippen molar-refractivity contribution in [1.82, 2.24) is 0 Å². The summed E-state index contributed by atoms with van der Waals surface area (Å²) in [6, 6.07) is 45.8. The predicted molar refractivity (Wildman–Crippen MR) is 245 cm³/mol. The molecule has 9 rings (SSSR count). The predicted octanol–water partition coefficient (Wildman–Crippen LogP) is 12.6. The van der Waals surface area contributed by atoms with Crippen LogP contribution in [0.3, 0.4) is 0 Å². The van der Waals surface area contributed by atoms with Crippen LogP contribution in [-0.2, 0) is 5.41 Å². The maximum Gasteiger partial charge on any atom is 0.344 e. The van der Waals surface area contributed by atoms with Gasteiger partial charge in [0.25, 0.3) is 0 Å². The molecule has 8 aromatic rings. The molecule has 0 bridgehead atoms. The number of anilines is 2. The van der Waals surface area contributed by atoms with Gasteiger partial charge in [-0.2, -0.15) is 0 Å². The molecule has 1 aliphatic rings. The fourth-order valence-corrected chi connectivity index (χ4v) is 9.00. The molecule has 6 nitrogen and oxygen atoms in total. The zero-order valence-electron chi connectivity index (χ0n) is 34.6. The van der Waals surface area contributed by atoms with Gasteiger partial charge in [0.2, 0.25) is 0 Å². The van der Waals surface area contributed by atoms with Crippen LogP contribution in [-0.4, -0.2) is 26.2 Å². The molecular weight excluding hydrogens is 729 g/mol. The molecule has 0 spiro atoms. The molecule has 59 heavy (non-hydrogen) atoms. The summed E-state index contributed by atoms with van der Waals surface area (Å²) < 4.78 is 11.8. The van der Waals surface area contributed by atoms with Crippen LogP contribution >= 0.6 is 0 Å². The quantitative estimate of drug-likeness (QED) is 0.129. The number of nitrogens with zero attached hydrogens (tertiary/aromatic N) is 2. The van der Waals surface area contributed by atoms with E-state index in [4.69, 9.17) is 8.83 Å². The van der Waals surface area contributed by atoms with Gasteiger partial charge in [-0.1, -0.05) is 74.5 Å². The summed E-state index contributed by atoms with van der Waals surface area (Å²) in [6.07, 6.45) is 0. The van der Waals surface area contributed by atoms with Gasteiger partial charge >= 0.3 is 11.3 Å². The van der Waals surface area contributed by atoms with Gasteiger partial charge < -0.3 is 18.6 Å². The fourth-order valence-electron chi connectivity index (χ4n) is 9.00. The number of rotatable bonds is 10. The van der Waals surface area contributed by atoms with E-state index in [9.17, 15) is 9.59 Å². The summed E-state index contributed by atoms with van der Waals surface area (Å²) in [5.41, 5.74) is 14.3. The van der Waals surface area contributed by atoms with Crippen molar-refractivity contribution in [2.24, 2.45) is 0 Å². The average molecular weight is 777 g/mol. The summed E-state index contributed by atoms with van der Waals surface area (Å²) in [5, 5.41) is 1.79. The molecule has 0 saturated carbocycles. The monoisotopic (exact) mass is 776 g/mol. The van der Waals surface area contributed by atoms with Crippen LogP contribution in [0.15, 0.2) is 152 Å². The van der Waals surface area contributed by atoms with Gasteiger partial charge in [0.1, 0.15) is 11.2 Å². The Hall–Kier alpha value is -6.66. The van der Waals surface area contributed by atoms with E-state index in [0.717, 1.165) is 81.7 Å². The van der Waals surface area contributed by atoms with Crippen molar-refractivity contribution in [2.75, 3.05) is 36.0 Å². The molecule has 0 amide bonds. The second kappa shape index (κ2) is 14.9. The minimum atomic E-state index is -0.344. The van der Waals surface area contributed by atoms with Gasteiger partial charge in [-0.25, -0.2) is 9.59 Å². The van der Waals surface area contributed by atoms with Crippen molar-refractivity contribution in [3.8, 4) is 55.6 Å². The van der Waals surface area contributed by atoms with Gasteiger partial charge in [0.15, 0.2) is 0 Å². The van der Waals surface area contributed by atoms with Gasteiger partial charge in [0.05, 0.1) is 11.1 Å². The molecule has 0 radical (unpaired) electrons. The van der Waals surface area contributed by atoms with Crippen LogP contribution in [0.4, 0.5) is 11.4 Å². The van der Waals surface area contributed by atoms with Gasteiger partial charge in [-0.3, -0.25) is 0 Å². The number of hydrogen-bond acceptors (Lipinski definition) is 6. The lowest BCUT2D eigenvalue weighted by molar-refractivity contribution is 0.563. The molecule has 294 valence electrons. The zero-order valence-corrected chi connectivity index (χ0v) is 34.6. The van der Waals surface area contributed by atoms with Crippen molar-refractivity contribution in [3.63, 3.8) is 0 Å². The molecule has 0 atom stereocenters. The lowest BCUT2D eigenvalue weighted by Crippen LogP contribution is -2.21. The highest BCUT2D eigenvalue weighted by atomic mass is 16.4. The standard InChI is InChI=1S/C53H48N2O4/c1-7-54(8-2)41-21-17-39-27-45(51(56)58-49(39)31-41)37-15-11-13-33(25-37)35-19-23-43-44-24-20-36(30-48(44)53(5,6)47(43)29-35)34-14-12-16-38(26-34)46-28-40-18-22-42(55(9-3)10-4)32-50(40)59-52(46)57/h11-32H,7-10H2,1-6H3. The van der Waals surface area contributed by atoms with Crippen LogP contribution in [0.1, 0.15) is 52.7 Å². The van der Waals surface area contributed by atoms with E-state index >= 15 is 0 Å². The van der Waals surface area contributed by atoms with Crippen LogP contribution in [0.2, 0.25) is 0 Å². The van der Waals surface area contributed by atoms with Crippen molar-refractivity contribution in [2.45, 2.75) is 47.0 Å². The normalized spacial score (nSPS) is 12.8. The molecule has 2 heterocycles. The molecule has 0 N–H and O–H groups in total. The third-order valence-corrected chi connectivity index (χ3v) is 12.4.